The molecule has 10 heteroatoms. The fraction of sp³-hybridized carbons (Fsp3) is 0.263. The molecule has 2 atom stereocenters. The highest BCUT2D eigenvalue weighted by atomic mass is 35.5. The van der Waals surface area contributed by atoms with E-state index < -0.39 is 15.8 Å². The number of nitrogens with one attached hydrogen (secondary N) is 1. The molecule has 0 saturated carbocycles. The lowest BCUT2D eigenvalue weighted by molar-refractivity contribution is 0.244. The number of hydrogen-bond acceptors (Lipinski definition) is 6. The molecule has 1 fully saturated rings. The van der Waals surface area contributed by atoms with Gasteiger partial charge < -0.3 is 4.52 Å². The van der Waals surface area contributed by atoms with E-state index in [2.05, 4.69) is 14.9 Å². The number of aromatic nitrogens is 2. The minimum absolute atomic E-state index is 0.105. The monoisotopic (exact) mass is 436 g/mol. The van der Waals surface area contributed by atoms with Crippen LogP contribution in [-0.2, 0) is 10.0 Å². The predicted octanol–water partition coefficient (Wildman–Crippen LogP) is 3.25. The van der Waals surface area contributed by atoms with Gasteiger partial charge in [0, 0.05) is 23.2 Å². The maximum absolute atomic E-state index is 13.4. The van der Waals surface area contributed by atoms with Gasteiger partial charge in [0.05, 0.1) is 10.9 Å². The van der Waals surface area contributed by atoms with E-state index in [0.717, 1.165) is 11.6 Å². The Kier molecular flexibility index (Phi) is 5.39. The van der Waals surface area contributed by atoms with Crippen LogP contribution in [-0.4, -0.2) is 43.1 Å². The van der Waals surface area contributed by atoms with Crippen molar-refractivity contribution >= 4 is 21.6 Å². The second kappa shape index (κ2) is 7.83. The number of rotatable bonds is 5. The van der Waals surface area contributed by atoms with Gasteiger partial charge in [0.25, 0.3) is 0 Å². The zero-order valence-corrected chi connectivity index (χ0v) is 17.0. The summed E-state index contributed by atoms with van der Waals surface area (Å²) in [5.74, 6) is 0.244. The number of sulfonamides is 1. The first-order valence-electron chi connectivity index (χ1n) is 8.89. The van der Waals surface area contributed by atoms with Crippen molar-refractivity contribution in [1.29, 1.82) is 0 Å². The van der Waals surface area contributed by atoms with Crippen LogP contribution < -0.4 is 4.72 Å². The second-order valence-electron chi connectivity index (χ2n) is 6.93. The number of benzene rings is 2. The lowest BCUT2D eigenvalue weighted by atomic mass is 10.2. The molecular weight excluding hydrogens is 419 g/mol. The third kappa shape index (κ3) is 4.32. The Bertz CT molecular complexity index is 1120. The fourth-order valence-corrected chi connectivity index (χ4v) is 4.78. The molecule has 3 aromatic rings. The summed E-state index contributed by atoms with van der Waals surface area (Å²) in [7, 11) is -1.98. The third-order valence-electron chi connectivity index (χ3n) is 4.81. The van der Waals surface area contributed by atoms with Crippen molar-refractivity contribution < 1.29 is 17.3 Å². The highest BCUT2D eigenvalue weighted by molar-refractivity contribution is 7.89. The van der Waals surface area contributed by atoms with Crippen LogP contribution >= 0.6 is 11.6 Å². The lowest BCUT2D eigenvalue weighted by Gasteiger charge is -2.14. The van der Waals surface area contributed by atoms with Gasteiger partial charge in [0.15, 0.2) is 0 Å². The summed E-state index contributed by atoms with van der Waals surface area (Å²) in [6, 6.07) is 11.4. The minimum Gasteiger partial charge on any atom is -0.337 e. The van der Waals surface area contributed by atoms with E-state index in [0.29, 0.717) is 29.7 Å². The van der Waals surface area contributed by atoms with Crippen LogP contribution in [0.25, 0.3) is 11.4 Å². The predicted molar refractivity (Wildman–Crippen MR) is 105 cm³/mol. The summed E-state index contributed by atoms with van der Waals surface area (Å²) < 4.78 is 46.5. The van der Waals surface area contributed by atoms with Crippen LogP contribution in [0.1, 0.15) is 18.4 Å². The molecule has 0 radical (unpaired) electrons. The minimum atomic E-state index is -3.83. The van der Waals surface area contributed by atoms with E-state index in [1.165, 1.54) is 18.2 Å². The Hall–Kier alpha value is -2.33. The molecule has 2 aromatic carbocycles. The average molecular weight is 437 g/mol. The van der Waals surface area contributed by atoms with E-state index in [-0.39, 0.29) is 17.0 Å². The van der Waals surface area contributed by atoms with Crippen LogP contribution in [0.15, 0.2) is 57.9 Å². The van der Waals surface area contributed by atoms with Crippen molar-refractivity contribution in [3.8, 4) is 11.4 Å². The maximum atomic E-state index is 13.4. The zero-order chi connectivity index (χ0) is 20.6. The van der Waals surface area contributed by atoms with Gasteiger partial charge in [-0.05, 0) is 55.9 Å². The molecule has 0 aliphatic carbocycles. The Morgan fingerprint density at radius 1 is 1.24 bits per heavy atom. The summed E-state index contributed by atoms with van der Waals surface area (Å²) in [5.41, 5.74) is 0.772. The van der Waals surface area contributed by atoms with Gasteiger partial charge in [-0.25, -0.2) is 17.5 Å². The summed E-state index contributed by atoms with van der Waals surface area (Å²) >= 11 is 5.90. The summed E-state index contributed by atoms with van der Waals surface area (Å²) in [5, 5.41) is 4.63. The Labute approximate surface area is 172 Å². The molecule has 1 aromatic heterocycles. The number of likely N-dealkylation sites (N-methyl/N-ethyl adjacent to an activating group) is 1. The molecule has 0 bridgehead atoms. The average Bonchev–Trinajstić information content (AvgIpc) is 3.29. The maximum Gasteiger partial charge on any atom is 0.244 e. The molecule has 4 rings (SSSR count). The van der Waals surface area contributed by atoms with Crippen molar-refractivity contribution in [2.75, 3.05) is 13.6 Å². The van der Waals surface area contributed by atoms with Gasteiger partial charge in [0.2, 0.25) is 21.7 Å². The van der Waals surface area contributed by atoms with Gasteiger partial charge in [-0.15, -0.1) is 0 Å². The van der Waals surface area contributed by atoms with Crippen LogP contribution in [0.5, 0.6) is 0 Å². The first-order valence-corrected chi connectivity index (χ1v) is 10.8. The highest BCUT2D eigenvalue weighted by Gasteiger charge is 2.36. The lowest BCUT2D eigenvalue weighted by Crippen LogP contribution is -2.36. The largest absolute Gasteiger partial charge is 0.337 e. The van der Waals surface area contributed by atoms with Crippen LogP contribution in [0.3, 0.4) is 0 Å². The third-order valence-corrected chi connectivity index (χ3v) is 6.58. The molecule has 0 amide bonds. The van der Waals surface area contributed by atoms with E-state index in [9.17, 15) is 12.8 Å². The number of hydrogen-bond donors (Lipinski definition) is 1. The Balaban J connectivity index is 1.48. The molecule has 2 heterocycles. The van der Waals surface area contributed by atoms with Gasteiger partial charge in [-0.1, -0.05) is 22.8 Å². The van der Waals surface area contributed by atoms with E-state index in [1.54, 1.807) is 24.3 Å². The summed E-state index contributed by atoms with van der Waals surface area (Å²) in [6.45, 7) is 0.456. The van der Waals surface area contributed by atoms with Crippen molar-refractivity contribution in [2.45, 2.75) is 23.4 Å². The van der Waals surface area contributed by atoms with Crippen molar-refractivity contribution in [3.05, 3.63) is 65.3 Å². The van der Waals surface area contributed by atoms with Crippen LogP contribution in [0.4, 0.5) is 4.39 Å². The molecule has 152 valence electrons. The number of likely N-dealkylation sites (tertiary alicyclic amines) is 1. The molecule has 1 aliphatic heterocycles. The molecule has 7 nitrogen and oxygen atoms in total. The smallest absolute Gasteiger partial charge is 0.244 e. The Morgan fingerprint density at radius 2 is 2.00 bits per heavy atom. The quantitative estimate of drug-likeness (QED) is 0.660. The SMILES string of the molecule is CN1C[C@@H](NS(=O)(=O)c2cccc(F)c2)C[C@H]1c1nc(-c2ccc(Cl)cc2)no1. The summed E-state index contributed by atoms with van der Waals surface area (Å²) in [4.78, 5) is 6.29. The topological polar surface area (TPSA) is 88.3 Å². The van der Waals surface area contributed by atoms with Crippen molar-refractivity contribution in [2.24, 2.45) is 0 Å². The van der Waals surface area contributed by atoms with Gasteiger partial charge in [-0.2, -0.15) is 4.98 Å². The molecule has 0 unspecified atom stereocenters. The Morgan fingerprint density at radius 3 is 2.72 bits per heavy atom. The second-order valence-corrected chi connectivity index (χ2v) is 9.08. The zero-order valence-electron chi connectivity index (χ0n) is 15.4. The van der Waals surface area contributed by atoms with Gasteiger partial charge in [0.1, 0.15) is 5.82 Å². The number of nitrogens with zero attached hydrogens (tertiary/aromatic N) is 3. The number of halogens is 2. The molecular formula is C19H18ClFN4O3S. The first kappa shape index (κ1) is 20.0. The van der Waals surface area contributed by atoms with Gasteiger partial charge in [-0.3, -0.25) is 4.90 Å². The van der Waals surface area contributed by atoms with E-state index in [4.69, 9.17) is 16.1 Å². The van der Waals surface area contributed by atoms with Crippen LogP contribution in [0.2, 0.25) is 5.02 Å². The van der Waals surface area contributed by atoms with Crippen LogP contribution in [0, 0.1) is 5.82 Å². The highest BCUT2D eigenvalue weighted by Crippen LogP contribution is 2.31. The van der Waals surface area contributed by atoms with Crippen molar-refractivity contribution in [1.82, 2.24) is 19.8 Å². The van der Waals surface area contributed by atoms with E-state index >= 15 is 0 Å². The fourth-order valence-electron chi connectivity index (χ4n) is 3.38. The standard InChI is InChI=1S/C19H18ClFN4O3S/c1-25-11-15(24-29(26,27)16-4-2-3-14(21)9-16)10-17(25)19-22-18(23-28-19)12-5-7-13(20)8-6-12/h2-9,15,17,24H,10-11H2,1H3/t15-,17-/m0/s1. The van der Waals surface area contributed by atoms with E-state index in [1.807, 2.05) is 11.9 Å². The molecule has 29 heavy (non-hydrogen) atoms. The molecule has 1 saturated heterocycles. The molecule has 1 aliphatic rings. The molecule has 0 spiro atoms. The molecule has 1 N–H and O–H groups in total. The van der Waals surface area contributed by atoms with Crippen molar-refractivity contribution in [3.63, 3.8) is 0 Å². The first-order chi connectivity index (χ1) is 13.8. The van der Waals surface area contributed by atoms with Gasteiger partial charge >= 0.3 is 0 Å². The summed E-state index contributed by atoms with van der Waals surface area (Å²) in [6.07, 6.45) is 0.452. The normalized spacial score (nSPS) is 20.2.